The highest BCUT2D eigenvalue weighted by molar-refractivity contribution is 5.91. The van der Waals surface area contributed by atoms with Crippen molar-refractivity contribution in [2.45, 2.75) is 50.6 Å². The van der Waals surface area contributed by atoms with E-state index in [1.165, 1.54) is 23.2 Å². The fourth-order valence-corrected chi connectivity index (χ4v) is 4.36. The highest BCUT2D eigenvalue weighted by Gasteiger charge is 2.24. The number of hydrogen-bond donors (Lipinski definition) is 3. The Morgan fingerprint density at radius 1 is 1.15 bits per heavy atom. The summed E-state index contributed by atoms with van der Waals surface area (Å²) in [6.45, 7) is 0.673. The molecule has 11 heteroatoms. The van der Waals surface area contributed by atoms with Crippen LogP contribution in [0.15, 0.2) is 36.7 Å². The van der Waals surface area contributed by atoms with Crippen molar-refractivity contribution in [3.63, 3.8) is 0 Å². The summed E-state index contributed by atoms with van der Waals surface area (Å²) in [6.07, 6.45) is 12.0. The molecular formula is C29H37FN8O2. The molecule has 2 heterocycles. The van der Waals surface area contributed by atoms with Gasteiger partial charge in [-0.1, -0.05) is 24.3 Å². The Morgan fingerprint density at radius 2 is 1.98 bits per heavy atom. The van der Waals surface area contributed by atoms with Crippen LogP contribution < -0.4 is 16.0 Å². The zero-order valence-electron chi connectivity index (χ0n) is 23.3. The molecule has 2 saturated carbocycles. The van der Waals surface area contributed by atoms with Gasteiger partial charge < -0.3 is 25.8 Å². The van der Waals surface area contributed by atoms with Crippen LogP contribution in [0.1, 0.15) is 44.1 Å². The number of nitrogens with zero attached hydrogens (tertiary/aromatic N) is 5. The normalized spacial score (nSPS) is 18.6. The molecule has 2 aliphatic rings. The molecule has 0 aromatic carbocycles. The van der Waals surface area contributed by atoms with Gasteiger partial charge in [-0.2, -0.15) is 9.37 Å². The Balaban J connectivity index is 1.34. The molecule has 4 rings (SSSR count). The lowest BCUT2D eigenvalue weighted by Gasteiger charge is -2.27. The molecule has 40 heavy (non-hydrogen) atoms. The highest BCUT2D eigenvalue weighted by atomic mass is 19.1. The molecule has 2 amide bonds. The zero-order valence-corrected chi connectivity index (χ0v) is 23.3. The second-order valence-corrected chi connectivity index (χ2v) is 10.6. The van der Waals surface area contributed by atoms with Crippen LogP contribution >= 0.6 is 0 Å². The summed E-state index contributed by atoms with van der Waals surface area (Å²) < 4.78 is 13.5. The SMILES string of the molecule is CN(C)C/C=C/C(=O)N(C)CC(=O)NC1CCC[C@@H](C#Cc2cnc(Nc3ccnc(F)c3)nc2NC2CC2)C1. The molecule has 2 aliphatic carbocycles. The third-order valence-corrected chi connectivity index (χ3v) is 6.63. The third-order valence-electron chi connectivity index (χ3n) is 6.63. The number of pyridine rings is 1. The van der Waals surface area contributed by atoms with Gasteiger partial charge >= 0.3 is 0 Å². The molecule has 0 spiro atoms. The zero-order chi connectivity index (χ0) is 28.5. The van der Waals surface area contributed by atoms with Crippen LogP contribution in [-0.4, -0.2) is 82.9 Å². The van der Waals surface area contributed by atoms with Crippen molar-refractivity contribution in [3.8, 4) is 11.8 Å². The van der Waals surface area contributed by atoms with E-state index in [-0.39, 0.29) is 30.3 Å². The van der Waals surface area contributed by atoms with Crippen LogP contribution in [0.25, 0.3) is 0 Å². The number of carbonyl (C=O) groups excluding carboxylic acids is 2. The number of nitrogens with one attached hydrogen (secondary N) is 3. The van der Waals surface area contributed by atoms with E-state index in [2.05, 4.69) is 42.7 Å². The third kappa shape index (κ3) is 9.31. The average Bonchev–Trinajstić information content (AvgIpc) is 3.72. The first kappa shape index (κ1) is 29.0. The maximum atomic E-state index is 13.5. The lowest BCUT2D eigenvalue weighted by molar-refractivity contribution is -0.131. The Bertz CT molecular complexity index is 1280. The van der Waals surface area contributed by atoms with Gasteiger partial charge in [0.1, 0.15) is 5.82 Å². The maximum Gasteiger partial charge on any atom is 0.246 e. The van der Waals surface area contributed by atoms with Gasteiger partial charge in [0.05, 0.1) is 18.3 Å². The molecule has 0 bridgehead atoms. The molecule has 2 fully saturated rings. The van der Waals surface area contributed by atoms with Crippen molar-refractivity contribution in [3.05, 3.63) is 48.2 Å². The van der Waals surface area contributed by atoms with E-state index >= 15 is 0 Å². The number of halogens is 1. The number of hydrogen-bond acceptors (Lipinski definition) is 8. The van der Waals surface area contributed by atoms with Crippen molar-refractivity contribution in [1.82, 2.24) is 30.1 Å². The van der Waals surface area contributed by atoms with Gasteiger partial charge in [-0.15, -0.1) is 0 Å². The van der Waals surface area contributed by atoms with Gasteiger partial charge in [0.2, 0.25) is 23.7 Å². The molecule has 10 nitrogen and oxygen atoms in total. The first-order chi connectivity index (χ1) is 19.2. The van der Waals surface area contributed by atoms with Crippen molar-refractivity contribution < 1.29 is 14.0 Å². The molecule has 2 atom stereocenters. The van der Waals surface area contributed by atoms with Gasteiger partial charge in [-0.05, 0) is 52.3 Å². The van der Waals surface area contributed by atoms with Gasteiger partial charge in [-0.25, -0.2) is 9.97 Å². The van der Waals surface area contributed by atoms with Crippen molar-refractivity contribution >= 4 is 29.3 Å². The predicted octanol–water partition coefficient (Wildman–Crippen LogP) is 2.93. The standard InChI is InChI=1S/C29H37FN8O2/c1-37(2)15-5-8-27(40)38(3)19-26(39)33-23-7-4-6-20(16-23)9-10-21-18-32-29(36-28(21)34-22-11-12-22)35-24-13-14-31-25(30)17-24/h5,8,13-14,17-18,20,22-23H,4,6-7,11-12,15-16,19H2,1-3H3,(H,33,39)(H2,31,32,34,35,36)/b8-5+/t20-,23?/m0/s1. The summed E-state index contributed by atoms with van der Waals surface area (Å²) in [5, 5.41) is 9.50. The van der Waals surface area contributed by atoms with Gasteiger partial charge in [0, 0.05) is 55.6 Å². The van der Waals surface area contributed by atoms with Crippen molar-refractivity contribution in [1.29, 1.82) is 0 Å². The molecule has 2 aromatic rings. The Hall–Kier alpha value is -4.04. The Labute approximate surface area is 234 Å². The lowest BCUT2D eigenvalue weighted by atomic mass is 9.86. The highest BCUT2D eigenvalue weighted by Crippen LogP contribution is 2.27. The van der Waals surface area contributed by atoms with E-state index in [4.69, 9.17) is 0 Å². The fraction of sp³-hybridized carbons (Fsp3) is 0.483. The summed E-state index contributed by atoms with van der Waals surface area (Å²) in [5.74, 6) is 6.78. The molecule has 0 aliphatic heterocycles. The topological polar surface area (TPSA) is 115 Å². The number of likely N-dealkylation sites (N-methyl/N-ethyl adjacent to an activating group) is 2. The molecule has 0 saturated heterocycles. The molecular weight excluding hydrogens is 511 g/mol. The van der Waals surface area contributed by atoms with Crippen LogP contribution in [0.2, 0.25) is 0 Å². The van der Waals surface area contributed by atoms with Crippen LogP contribution in [0.5, 0.6) is 0 Å². The molecule has 212 valence electrons. The van der Waals surface area contributed by atoms with E-state index in [0.717, 1.165) is 38.5 Å². The number of rotatable bonds is 10. The second-order valence-electron chi connectivity index (χ2n) is 10.6. The monoisotopic (exact) mass is 548 g/mol. The quantitative estimate of drug-likeness (QED) is 0.236. The summed E-state index contributed by atoms with van der Waals surface area (Å²) >= 11 is 0. The van der Waals surface area contributed by atoms with Crippen LogP contribution in [0.4, 0.5) is 21.8 Å². The van der Waals surface area contributed by atoms with Crippen LogP contribution in [0.3, 0.4) is 0 Å². The molecule has 1 unspecified atom stereocenters. The van der Waals surface area contributed by atoms with E-state index in [1.807, 2.05) is 19.0 Å². The summed E-state index contributed by atoms with van der Waals surface area (Å²) in [7, 11) is 5.48. The minimum atomic E-state index is -0.584. The molecule has 0 radical (unpaired) electrons. The maximum absolute atomic E-state index is 13.5. The first-order valence-electron chi connectivity index (χ1n) is 13.6. The molecule has 2 aromatic heterocycles. The minimum absolute atomic E-state index is 0.0119. The summed E-state index contributed by atoms with van der Waals surface area (Å²) in [4.78, 5) is 40.7. The number of amides is 2. The predicted molar refractivity (Wildman–Crippen MR) is 152 cm³/mol. The number of aromatic nitrogens is 3. The lowest BCUT2D eigenvalue weighted by Crippen LogP contribution is -2.44. The van der Waals surface area contributed by atoms with E-state index in [1.54, 1.807) is 25.4 Å². The van der Waals surface area contributed by atoms with Gasteiger partial charge in [-0.3, -0.25) is 9.59 Å². The smallest absolute Gasteiger partial charge is 0.246 e. The second kappa shape index (κ2) is 13.8. The number of carbonyl (C=O) groups is 2. The molecule has 3 N–H and O–H groups in total. The largest absolute Gasteiger partial charge is 0.366 e. The Morgan fingerprint density at radius 3 is 2.73 bits per heavy atom. The van der Waals surface area contributed by atoms with Crippen molar-refractivity contribution in [2.75, 3.05) is 44.9 Å². The van der Waals surface area contributed by atoms with Gasteiger partial charge in [0.15, 0.2) is 0 Å². The number of anilines is 3. The average molecular weight is 549 g/mol. The van der Waals surface area contributed by atoms with Crippen LogP contribution in [-0.2, 0) is 9.59 Å². The van der Waals surface area contributed by atoms with E-state index in [9.17, 15) is 14.0 Å². The Kier molecular flexibility index (Phi) is 10.0. The van der Waals surface area contributed by atoms with E-state index < -0.39 is 5.95 Å². The van der Waals surface area contributed by atoms with Crippen LogP contribution in [0, 0.1) is 23.7 Å². The fourth-order valence-electron chi connectivity index (χ4n) is 4.36. The first-order valence-corrected chi connectivity index (χ1v) is 13.6. The summed E-state index contributed by atoms with van der Waals surface area (Å²) in [5.41, 5.74) is 1.21. The van der Waals surface area contributed by atoms with Gasteiger partial charge in [0.25, 0.3) is 0 Å². The minimum Gasteiger partial charge on any atom is -0.366 e. The van der Waals surface area contributed by atoms with Crippen molar-refractivity contribution in [2.24, 2.45) is 5.92 Å². The summed E-state index contributed by atoms with van der Waals surface area (Å²) in [6, 6.07) is 3.31. The van der Waals surface area contributed by atoms with E-state index in [0.29, 0.717) is 35.6 Å².